The van der Waals surface area contributed by atoms with Crippen LogP contribution in [0, 0.1) is 18.8 Å². The molecule has 74 heavy (non-hydrogen) atoms. The maximum atomic E-state index is 13.2. The highest BCUT2D eigenvalue weighted by atomic mass is 32.1. The zero-order valence-corrected chi connectivity index (χ0v) is 52.0. The predicted molar refractivity (Wildman–Crippen MR) is 312 cm³/mol. The first kappa shape index (κ1) is 66.3. The number of benzene rings is 2. The number of allylic oxidation sites excluding steroid dienone is 2. The van der Waals surface area contributed by atoms with E-state index in [1.54, 1.807) is 23.5 Å². The standard InChI is InChI=1S/C33H51NO4SSi.C28H46O5Si/c1-24(15-14-16-25(2)22-37-40(9,10)33(5,6)7)19-20-30(26(3)21-29-23-39-27(4)34-29)38-32(35)31(36-8)28-17-12-11-13-18-28;1-21(14-13-15-22(2)20-32-34(8,9)28(4,5)6)18-19-25(23(3)29)33-27(30)26(31-7)24-16-11-10-12-17-24/h11-13,17-19,21,23,25,30-31H,14-16,20,22H2,1-10H3;10-12,16-18,22,25-26H,13-15,19-20H2,1-9H3/b24-19-,26-21+;21-18-/t25-,30-,31+;22-,25-,26+/m00/s1. The highest BCUT2D eigenvalue weighted by molar-refractivity contribution is 7.09. The molecule has 0 radical (unpaired) electrons. The number of carbonyl (C=O) groups excluding carboxylic acids is 3. The van der Waals surface area contributed by atoms with E-state index in [0.717, 1.165) is 73.6 Å². The molecular formula is C61H97NO9SSi2. The Morgan fingerprint density at radius 2 is 1.03 bits per heavy atom. The van der Waals surface area contributed by atoms with Crippen molar-refractivity contribution in [1.82, 2.24) is 4.98 Å². The van der Waals surface area contributed by atoms with E-state index in [2.05, 4.69) is 106 Å². The number of ketones is 1. The molecule has 6 atom stereocenters. The largest absolute Gasteiger partial charge is 0.455 e. The fourth-order valence-electron chi connectivity index (χ4n) is 7.37. The van der Waals surface area contributed by atoms with Crippen LogP contribution in [-0.2, 0) is 42.2 Å². The minimum atomic E-state index is -1.71. The van der Waals surface area contributed by atoms with Gasteiger partial charge < -0.3 is 27.8 Å². The van der Waals surface area contributed by atoms with E-state index in [0.29, 0.717) is 30.2 Å². The molecule has 0 aliphatic rings. The normalized spacial score (nSPS) is 15.5. The first-order chi connectivity index (χ1) is 34.5. The van der Waals surface area contributed by atoms with Crippen molar-refractivity contribution in [2.24, 2.45) is 11.8 Å². The molecule has 0 saturated carbocycles. The summed E-state index contributed by atoms with van der Waals surface area (Å²) in [6.07, 6.45) is 10.8. The van der Waals surface area contributed by atoms with Crippen LogP contribution < -0.4 is 0 Å². The summed E-state index contributed by atoms with van der Waals surface area (Å²) >= 11 is 1.61. The van der Waals surface area contributed by atoms with Gasteiger partial charge in [-0.05, 0) is 144 Å². The molecule has 2 aromatic carbocycles. The van der Waals surface area contributed by atoms with Gasteiger partial charge in [0.15, 0.2) is 40.7 Å². The van der Waals surface area contributed by atoms with E-state index >= 15 is 0 Å². The Labute approximate surface area is 454 Å². The van der Waals surface area contributed by atoms with E-state index in [-0.39, 0.29) is 21.8 Å². The van der Waals surface area contributed by atoms with Gasteiger partial charge in [0.25, 0.3) is 0 Å². The molecule has 0 N–H and O–H groups in total. The Morgan fingerprint density at radius 3 is 1.38 bits per heavy atom. The van der Waals surface area contributed by atoms with Crippen LogP contribution >= 0.6 is 11.3 Å². The maximum Gasteiger partial charge on any atom is 0.340 e. The second kappa shape index (κ2) is 32.0. The summed E-state index contributed by atoms with van der Waals surface area (Å²) in [5.74, 6) is -0.0575. The number of hydrogen-bond acceptors (Lipinski definition) is 11. The van der Waals surface area contributed by atoms with Crippen LogP contribution in [-0.4, -0.2) is 79.0 Å². The Balaban J connectivity index is 0.000000514. The average Bonchev–Trinajstić information content (AvgIpc) is 3.74. The summed E-state index contributed by atoms with van der Waals surface area (Å²) in [6.45, 7) is 38.7. The Hall–Kier alpha value is -3.83. The number of methoxy groups -OCH3 is 2. The minimum absolute atomic E-state index is 0.170. The number of ether oxygens (including phenoxy) is 4. The van der Waals surface area contributed by atoms with Crippen LogP contribution in [0.15, 0.2) is 94.9 Å². The minimum Gasteiger partial charge on any atom is -0.455 e. The average molecular weight is 1080 g/mol. The van der Waals surface area contributed by atoms with Crippen molar-refractivity contribution in [3.63, 3.8) is 0 Å². The second-order valence-corrected chi connectivity index (χ2v) is 34.1. The predicted octanol–water partition coefficient (Wildman–Crippen LogP) is 16.4. The topological polar surface area (TPSA) is 119 Å². The lowest BCUT2D eigenvalue weighted by atomic mass is 10.00. The van der Waals surface area contributed by atoms with Crippen LogP contribution in [0.1, 0.15) is 168 Å². The quantitative estimate of drug-likeness (QED) is 0.0378. The zero-order chi connectivity index (χ0) is 55.9. The first-order valence-electron chi connectivity index (χ1n) is 26.8. The van der Waals surface area contributed by atoms with Gasteiger partial charge in [0.2, 0.25) is 0 Å². The highest BCUT2D eigenvalue weighted by Crippen LogP contribution is 2.38. The van der Waals surface area contributed by atoms with Gasteiger partial charge in [-0.2, -0.15) is 0 Å². The Bertz CT molecular complexity index is 2220. The van der Waals surface area contributed by atoms with Gasteiger partial charge >= 0.3 is 11.9 Å². The molecule has 0 saturated heterocycles. The number of hydrogen-bond donors (Lipinski definition) is 0. The number of esters is 2. The van der Waals surface area contributed by atoms with Crippen LogP contribution in [0.3, 0.4) is 0 Å². The molecule has 0 aliphatic heterocycles. The third-order valence-corrected chi connectivity index (χ3v) is 24.4. The number of carbonyl (C=O) groups is 3. The van der Waals surface area contributed by atoms with Crippen molar-refractivity contribution >= 4 is 51.8 Å². The van der Waals surface area contributed by atoms with Crippen molar-refractivity contribution in [2.45, 2.75) is 202 Å². The van der Waals surface area contributed by atoms with Gasteiger partial charge in [0.1, 0.15) is 6.10 Å². The summed E-state index contributed by atoms with van der Waals surface area (Å²) < 4.78 is 35.2. The van der Waals surface area contributed by atoms with Gasteiger partial charge in [-0.1, -0.05) is 139 Å². The van der Waals surface area contributed by atoms with E-state index in [9.17, 15) is 14.4 Å². The highest BCUT2D eigenvalue weighted by Gasteiger charge is 2.38. The molecule has 0 aliphatic carbocycles. The van der Waals surface area contributed by atoms with Gasteiger partial charge in [0, 0.05) is 45.7 Å². The number of Topliss-reactive ketones (excluding diaryl/α,β-unsaturated/α-hetero) is 1. The molecule has 414 valence electrons. The summed E-state index contributed by atoms with van der Waals surface area (Å²) in [5.41, 5.74) is 5.84. The van der Waals surface area contributed by atoms with Crippen LogP contribution in [0.5, 0.6) is 0 Å². The lowest BCUT2D eigenvalue weighted by molar-refractivity contribution is -0.164. The molecule has 1 heterocycles. The molecule has 1 aromatic heterocycles. The Kier molecular flexibility index (Phi) is 28.7. The van der Waals surface area contributed by atoms with E-state index < -0.39 is 47.0 Å². The molecule has 0 bridgehead atoms. The number of rotatable bonds is 29. The summed E-state index contributed by atoms with van der Waals surface area (Å²) in [7, 11) is -0.413. The summed E-state index contributed by atoms with van der Waals surface area (Å²) in [4.78, 5) is 42.5. The van der Waals surface area contributed by atoms with Crippen molar-refractivity contribution in [3.8, 4) is 0 Å². The van der Waals surface area contributed by atoms with Crippen molar-refractivity contribution in [2.75, 3.05) is 27.4 Å². The first-order valence-corrected chi connectivity index (χ1v) is 33.5. The fraction of sp³-hybridized carbons (Fsp3) is 0.607. The molecule has 10 nitrogen and oxygen atoms in total. The molecule has 0 amide bonds. The number of aromatic nitrogens is 1. The van der Waals surface area contributed by atoms with Gasteiger partial charge in [0.05, 0.1) is 10.7 Å². The number of thiazole rings is 1. The lowest BCUT2D eigenvalue weighted by Gasteiger charge is -2.37. The molecule has 0 unspecified atom stereocenters. The second-order valence-electron chi connectivity index (χ2n) is 23.4. The van der Waals surface area contributed by atoms with E-state index in [4.69, 9.17) is 27.8 Å². The fourth-order valence-corrected chi connectivity index (χ4v) is 10.2. The summed E-state index contributed by atoms with van der Waals surface area (Å²) in [6, 6.07) is 18.6. The molecule has 3 rings (SSSR count). The monoisotopic (exact) mass is 1080 g/mol. The number of aryl methyl sites for hydroxylation is 1. The molecule has 3 aromatic rings. The molecule has 13 heteroatoms. The third kappa shape index (κ3) is 24.0. The van der Waals surface area contributed by atoms with Crippen molar-refractivity contribution < 1.29 is 42.2 Å². The lowest BCUT2D eigenvalue weighted by Crippen LogP contribution is -2.41. The van der Waals surface area contributed by atoms with Crippen molar-refractivity contribution in [3.05, 3.63) is 117 Å². The van der Waals surface area contributed by atoms with Crippen LogP contribution in [0.2, 0.25) is 36.3 Å². The smallest absolute Gasteiger partial charge is 0.340 e. The van der Waals surface area contributed by atoms with E-state index in [1.165, 1.54) is 32.3 Å². The maximum absolute atomic E-state index is 13.2. The van der Waals surface area contributed by atoms with Crippen molar-refractivity contribution in [1.29, 1.82) is 0 Å². The van der Waals surface area contributed by atoms with Gasteiger partial charge in [-0.25, -0.2) is 14.6 Å². The van der Waals surface area contributed by atoms with Crippen LogP contribution in [0.25, 0.3) is 6.08 Å². The molecule has 0 fully saturated rings. The SMILES string of the molecule is CO[C@@H](C(=O)O[C@@H](C/C=C(/C)CCC[C@H](C)CO[Si](C)(C)C(C)(C)C)/C(C)=C/c1csc(C)n1)c1ccccc1.CO[C@@H](C(=O)O[C@@H](C/C=C(/C)CCC[C@H](C)CO[Si](C)(C)C(C)(C)C)C(C)=O)c1ccccc1. The molecular weight excluding hydrogens is 979 g/mol. The third-order valence-electron chi connectivity index (χ3n) is 14.6. The summed E-state index contributed by atoms with van der Waals surface area (Å²) in [5, 5.41) is 3.50. The zero-order valence-electron chi connectivity index (χ0n) is 49.1. The van der Waals surface area contributed by atoms with E-state index in [1.807, 2.05) is 79.9 Å². The number of nitrogens with zero attached hydrogens (tertiary/aromatic N) is 1. The van der Waals surface area contributed by atoms with Gasteiger partial charge in [-0.3, -0.25) is 4.79 Å². The Morgan fingerprint density at radius 1 is 0.635 bits per heavy atom. The van der Waals surface area contributed by atoms with Crippen LogP contribution in [0.4, 0.5) is 0 Å². The van der Waals surface area contributed by atoms with Gasteiger partial charge in [-0.15, -0.1) is 11.3 Å². The molecule has 0 spiro atoms.